The van der Waals surface area contributed by atoms with Crippen LogP contribution in [0.25, 0.3) is 11.5 Å². The molecular weight excluding hydrogens is 292 g/mol. The summed E-state index contributed by atoms with van der Waals surface area (Å²) in [5, 5.41) is 0.611. The van der Waals surface area contributed by atoms with Crippen molar-refractivity contribution in [3.63, 3.8) is 0 Å². The quantitative estimate of drug-likeness (QED) is 0.326. The van der Waals surface area contributed by atoms with Crippen molar-refractivity contribution in [3.8, 4) is 11.5 Å². The minimum Gasteiger partial charge on any atom is -0.465 e. The van der Waals surface area contributed by atoms with Crippen molar-refractivity contribution in [2.45, 2.75) is 6.92 Å². The lowest BCUT2D eigenvalue weighted by Crippen LogP contribution is -2.38. The zero-order valence-corrected chi connectivity index (χ0v) is 11.7. The van der Waals surface area contributed by atoms with Crippen LogP contribution < -0.4 is 16.5 Å². The van der Waals surface area contributed by atoms with E-state index in [-0.39, 0.29) is 23.0 Å². The second-order valence-corrected chi connectivity index (χ2v) is 4.08. The van der Waals surface area contributed by atoms with Gasteiger partial charge in [0.15, 0.2) is 5.82 Å². The van der Waals surface area contributed by atoms with Gasteiger partial charge >= 0.3 is 11.7 Å². The Morgan fingerprint density at radius 1 is 1.36 bits per heavy atom. The molecule has 0 radical (unpaired) electrons. The van der Waals surface area contributed by atoms with Gasteiger partial charge in [0.2, 0.25) is 5.91 Å². The Labute approximate surface area is 123 Å². The molecule has 0 atom stereocenters. The molecule has 10 heteroatoms. The van der Waals surface area contributed by atoms with E-state index in [2.05, 4.69) is 24.7 Å². The van der Waals surface area contributed by atoms with Crippen LogP contribution in [0.2, 0.25) is 0 Å². The number of H-pyrrole nitrogens is 1. The number of aromatic amines is 1. The van der Waals surface area contributed by atoms with Gasteiger partial charge in [-0.2, -0.15) is 9.97 Å². The van der Waals surface area contributed by atoms with Crippen LogP contribution in [0.3, 0.4) is 0 Å². The maximum absolute atomic E-state index is 11.7. The van der Waals surface area contributed by atoms with Gasteiger partial charge in [0.1, 0.15) is 5.69 Å². The first-order valence-corrected chi connectivity index (χ1v) is 6.01. The maximum atomic E-state index is 11.7. The third-order valence-electron chi connectivity index (χ3n) is 2.63. The Kier molecular flexibility index (Phi) is 4.23. The lowest BCUT2D eigenvalue weighted by molar-refractivity contribution is -0.116. The zero-order valence-electron chi connectivity index (χ0n) is 11.7. The Bertz CT molecular complexity index is 787. The minimum absolute atomic E-state index is 0.0623. The number of ether oxygens (including phenoxy) is 1. The molecule has 0 aromatic carbocycles. The standard InChI is InChI=1S/C12H12N6O4/c1-6(19)18(13)11-15-9(16-12(21)17-11)8-7(10(20)22-2)4-3-5-14-8/h3-5H,13H2,1-2H3,(H,15,16,17,21). The molecule has 0 aliphatic carbocycles. The smallest absolute Gasteiger partial charge is 0.349 e. The Morgan fingerprint density at radius 2 is 2.09 bits per heavy atom. The van der Waals surface area contributed by atoms with E-state index < -0.39 is 17.6 Å². The van der Waals surface area contributed by atoms with Gasteiger partial charge in [0.25, 0.3) is 5.95 Å². The van der Waals surface area contributed by atoms with Crippen molar-refractivity contribution < 1.29 is 14.3 Å². The first-order chi connectivity index (χ1) is 10.4. The molecule has 114 valence electrons. The number of aromatic nitrogens is 4. The van der Waals surface area contributed by atoms with Gasteiger partial charge in [-0.1, -0.05) is 0 Å². The lowest BCUT2D eigenvalue weighted by atomic mass is 10.2. The number of esters is 1. The highest BCUT2D eigenvalue weighted by molar-refractivity contribution is 5.95. The lowest BCUT2D eigenvalue weighted by Gasteiger charge is -2.12. The molecule has 0 spiro atoms. The van der Waals surface area contributed by atoms with Gasteiger partial charge in [0, 0.05) is 13.1 Å². The summed E-state index contributed by atoms with van der Waals surface area (Å²) in [5.74, 6) is 3.88. The summed E-state index contributed by atoms with van der Waals surface area (Å²) < 4.78 is 4.64. The summed E-state index contributed by atoms with van der Waals surface area (Å²) in [6.07, 6.45) is 1.41. The Morgan fingerprint density at radius 3 is 2.73 bits per heavy atom. The molecular formula is C12H12N6O4. The van der Waals surface area contributed by atoms with Gasteiger partial charge in [-0.3, -0.25) is 14.8 Å². The fraction of sp³-hybridized carbons (Fsp3) is 0.167. The number of hydrogen-bond acceptors (Lipinski definition) is 8. The molecule has 1 amide bonds. The average Bonchev–Trinajstić information content (AvgIpc) is 2.52. The number of anilines is 1. The van der Waals surface area contributed by atoms with Crippen LogP contribution in [0.1, 0.15) is 17.3 Å². The number of carbonyl (C=O) groups excluding carboxylic acids is 2. The van der Waals surface area contributed by atoms with Gasteiger partial charge in [-0.05, 0) is 12.1 Å². The van der Waals surface area contributed by atoms with Crippen molar-refractivity contribution in [2.75, 3.05) is 12.1 Å². The summed E-state index contributed by atoms with van der Waals surface area (Å²) >= 11 is 0. The van der Waals surface area contributed by atoms with Crippen LogP contribution in [0, 0.1) is 0 Å². The van der Waals surface area contributed by atoms with E-state index in [4.69, 9.17) is 5.84 Å². The maximum Gasteiger partial charge on any atom is 0.349 e. The van der Waals surface area contributed by atoms with Crippen LogP contribution in [0.4, 0.5) is 5.95 Å². The minimum atomic E-state index is -0.793. The van der Waals surface area contributed by atoms with Crippen LogP contribution in [0.5, 0.6) is 0 Å². The molecule has 0 fully saturated rings. The molecule has 0 saturated heterocycles. The first kappa shape index (κ1) is 15.3. The van der Waals surface area contributed by atoms with Gasteiger partial charge in [0.05, 0.1) is 12.7 Å². The number of hydrogen-bond donors (Lipinski definition) is 2. The number of nitrogens with two attached hydrogens (primary N) is 1. The van der Waals surface area contributed by atoms with E-state index in [1.54, 1.807) is 0 Å². The number of nitrogens with one attached hydrogen (secondary N) is 1. The van der Waals surface area contributed by atoms with E-state index >= 15 is 0 Å². The highest BCUT2D eigenvalue weighted by Crippen LogP contribution is 2.18. The number of hydrazine groups is 1. The van der Waals surface area contributed by atoms with E-state index in [9.17, 15) is 14.4 Å². The third kappa shape index (κ3) is 2.96. The van der Waals surface area contributed by atoms with Crippen molar-refractivity contribution in [1.29, 1.82) is 0 Å². The summed E-state index contributed by atoms with van der Waals surface area (Å²) in [4.78, 5) is 48.4. The van der Waals surface area contributed by atoms with Crippen LogP contribution >= 0.6 is 0 Å². The SMILES string of the molecule is COC(=O)c1cccnc1-c1nc(N(N)C(C)=O)nc(=O)[nH]1. The Hall–Kier alpha value is -3.14. The van der Waals surface area contributed by atoms with Crippen molar-refractivity contribution >= 4 is 17.8 Å². The summed E-state index contributed by atoms with van der Waals surface area (Å²) in [5.41, 5.74) is -0.623. The van der Waals surface area contributed by atoms with Crippen LogP contribution in [-0.4, -0.2) is 38.9 Å². The number of pyridine rings is 1. The molecule has 2 heterocycles. The fourth-order valence-electron chi connectivity index (χ4n) is 1.60. The largest absolute Gasteiger partial charge is 0.465 e. The molecule has 0 bridgehead atoms. The topological polar surface area (TPSA) is 144 Å². The van der Waals surface area contributed by atoms with E-state index in [1.165, 1.54) is 32.4 Å². The summed E-state index contributed by atoms with van der Waals surface area (Å²) in [7, 11) is 1.21. The summed E-state index contributed by atoms with van der Waals surface area (Å²) in [6.45, 7) is 1.19. The molecule has 0 aliphatic heterocycles. The molecule has 10 nitrogen and oxygen atoms in total. The van der Waals surface area contributed by atoms with E-state index in [1.807, 2.05) is 0 Å². The average molecular weight is 304 g/mol. The van der Waals surface area contributed by atoms with Crippen molar-refractivity contribution in [2.24, 2.45) is 5.84 Å². The normalized spacial score (nSPS) is 10.1. The number of amides is 1. The highest BCUT2D eigenvalue weighted by Gasteiger charge is 2.19. The monoisotopic (exact) mass is 304 g/mol. The zero-order chi connectivity index (χ0) is 16.3. The van der Waals surface area contributed by atoms with Crippen molar-refractivity contribution in [3.05, 3.63) is 34.4 Å². The Balaban J connectivity index is 2.62. The molecule has 22 heavy (non-hydrogen) atoms. The molecule has 0 aliphatic rings. The number of methoxy groups -OCH3 is 1. The molecule has 2 aromatic rings. The molecule has 3 N–H and O–H groups in total. The van der Waals surface area contributed by atoms with Gasteiger partial charge in [-0.15, -0.1) is 0 Å². The highest BCUT2D eigenvalue weighted by atomic mass is 16.5. The van der Waals surface area contributed by atoms with Gasteiger partial charge < -0.3 is 4.74 Å². The molecule has 2 aromatic heterocycles. The van der Waals surface area contributed by atoms with Gasteiger partial charge in [-0.25, -0.2) is 20.4 Å². The van der Waals surface area contributed by atoms with Crippen LogP contribution in [-0.2, 0) is 9.53 Å². The number of carbonyl (C=O) groups is 2. The molecule has 2 rings (SSSR count). The van der Waals surface area contributed by atoms with Crippen molar-refractivity contribution in [1.82, 2.24) is 19.9 Å². The summed E-state index contributed by atoms with van der Waals surface area (Å²) in [6, 6.07) is 2.99. The molecule has 0 saturated carbocycles. The number of rotatable bonds is 3. The van der Waals surface area contributed by atoms with E-state index in [0.29, 0.717) is 5.01 Å². The second kappa shape index (κ2) is 6.10. The second-order valence-electron chi connectivity index (χ2n) is 4.08. The van der Waals surface area contributed by atoms with Crippen LogP contribution in [0.15, 0.2) is 23.1 Å². The fourth-order valence-corrected chi connectivity index (χ4v) is 1.60. The third-order valence-corrected chi connectivity index (χ3v) is 2.63. The molecule has 0 unspecified atom stereocenters. The first-order valence-electron chi connectivity index (χ1n) is 6.01. The predicted octanol–water partition coefficient (Wildman–Crippen LogP) is -0.760. The predicted molar refractivity (Wildman–Crippen MR) is 74.6 cm³/mol. The number of nitrogens with zero attached hydrogens (tertiary/aromatic N) is 4. The van der Waals surface area contributed by atoms with E-state index in [0.717, 1.165) is 0 Å².